The van der Waals surface area contributed by atoms with E-state index >= 15 is 0 Å². The standard InChI is InChI=1S/C16H25N3O3S/c1-13-9-14(2)12-18(11-13)16-4-3-15(10-17-16)23(20,21)19-5-7-22-8-6-19/h3-4,10,13-14H,5-9,11-12H2,1-2H3/p+1/t13-,14-/m1/s1. The van der Waals surface area contributed by atoms with Crippen LogP contribution in [0.15, 0.2) is 23.2 Å². The van der Waals surface area contributed by atoms with Crippen molar-refractivity contribution in [3.8, 4) is 0 Å². The van der Waals surface area contributed by atoms with Crippen LogP contribution in [0.25, 0.3) is 0 Å². The van der Waals surface area contributed by atoms with Gasteiger partial charge in [-0.05, 0) is 24.3 Å². The predicted molar refractivity (Wildman–Crippen MR) is 87.7 cm³/mol. The molecule has 2 atom stereocenters. The largest absolute Gasteiger partial charge is 0.379 e. The molecular formula is C16H26N3O3S+. The van der Waals surface area contributed by atoms with Crippen LogP contribution in [0.5, 0.6) is 0 Å². The van der Waals surface area contributed by atoms with E-state index in [2.05, 4.69) is 23.7 Å². The number of ether oxygens (including phenoxy) is 1. The summed E-state index contributed by atoms with van der Waals surface area (Å²) in [7, 11) is -3.43. The molecule has 23 heavy (non-hydrogen) atoms. The van der Waals surface area contributed by atoms with E-state index in [1.165, 1.54) is 10.7 Å². The third kappa shape index (κ3) is 3.67. The van der Waals surface area contributed by atoms with Crippen LogP contribution in [0, 0.1) is 11.8 Å². The van der Waals surface area contributed by atoms with Gasteiger partial charge in [-0.1, -0.05) is 13.8 Å². The molecule has 0 aliphatic carbocycles. The monoisotopic (exact) mass is 340 g/mol. The fraction of sp³-hybridized carbons (Fsp3) is 0.688. The molecule has 2 aliphatic rings. The summed E-state index contributed by atoms with van der Waals surface area (Å²) in [5.74, 6) is 2.30. The van der Waals surface area contributed by atoms with Gasteiger partial charge in [0.25, 0.3) is 5.82 Å². The van der Waals surface area contributed by atoms with Crippen LogP contribution >= 0.6 is 0 Å². The summed E-state index contributed by atoms with van der Waals surface area (Å²) in [5, 5.41) is 0. The normalized spacial score (nSPS) is 27.1. The summed E-state index contributed by atoms with van der Waals surface area (Å²) >= 11 is 0. The Labute approximate surface area is 138 Å². The zero-order valence-electron chi connectivity index (χ0n) is 13.9. The molecule has 0 amide bonds. The second kappa shape index (κ2) is 6.75. The maximum atomic E-state index is 12.6. The highest BCUT2D eigenvalue weighted by atomic mass is 32.2. The predicted octanol–water partition coefficient (Wildman–Crippen LogP) is 1.00. The summed E-state index contributed by atoms with van der Waals surface area (Å²) in [6.45, 7) is 8.32. The Bertz CT molecular complexity index is 616. The summed E-state index contributed by atoms with van der Waals surface area (Å²) in [6.07, 6.45) is 2.87. The van der Waals surface area contributed by atoms with Crippen molar-refractivity contribution < 1.29 is 18.1 Å². The fourth-order valence-electron chi connectivity index (χ4n) is 3.56. The lowest BCUT2D eigenvalue weighted by atomic mass is 9.92. The molecule has 0 unspecified atom stereocenters. The molecule has 0 bridgehead atoms. The maximum absolute atomic E-state index is 12.6. The summed E-state index contributed by atoms with van der Waals surface area (Å²) in [5.41, 5.74) is 0. The van der Waals surface area contributed by atoms with Crippen LogP contribution in [0.3, 0.4) is 0 Å². The van der Waals surface area contributed by atoms with Gasteiger partial charge in [-0.2, -0.15) is 4.31 Å². The number of rotatable bonds is 3. The number of hydrogen-bond acceptors (Lipinski definition) is 4. The molecule has 2 aliphatic heterocycles. The van der Waals surface area contributed by atoms with Crippen LogP contribution < -0.4 is 9.88 Å². The summed E-state index contributed by atoms with van der Waals surface area (Å²) in [4.78, 5) is 5.81. The van der Waals surface area contributed by atoms with Gasteiger partial charge in [-0.25, -0.2) is 13.4 Å². The maximum Gasteiger partial charge on any atom is 0.274 e. The lowest BCUT2D eigenvalue weighted by molar-refractivity contribution is -0.367. The van der Waals surface area contributed by atoms with Gasteiger partial charge in [0.15, 0.2) is 0 Å². The number of hydrogen-bond donors (Lipinski definition) is 0. The Kier molecular flexibility index (Phi) is 4.89. The Hall–Kier alpha value is -1.18. The van der Waals surface area contributed by atoms with Gasteiger partial charge in [0.05, 0.1) is 26.3 Å². The molecule has 0 saturated carbocycles. The van der Waals surface area contributed by atoms with Gasteiger partial charge in [0.1, 0.15) is 11.1 Å². The first kappa shape index (κ1) is 16.7. The Balaban J connectivity index is 1.76. The lowest BCUT2D eigenvalue weighted by Crippen LogP contribution is -2.42. The number of pyridine rings is 1. The summed E-state index contributed by atoms with van der Waals surface area (Å²) < 4.78 is 32.0. The molecule has 6 nitrogen and oxygen atoms in total. The third-order valence-corrected chi connectivity index (χ3v) is 6.48. The molecule has 2 saturated heterocycles. The molecule has 1 N–H and O–H groups in total. The van der Waals surface area contributed by atoms with Gasteiger partial charge >= 0.3 is 0 Å². The average Bonchev–Trinajstić information content (AvgIpc) is 2.55. The number of aromatic nitrogens is 1. The molecule has 0 radical (unpaired) electrons. The number of piperidine rings is 1. The van der Waals surface area contributed by atoms with E-state index in [9.17, 15) is 8.42 Å². The van der Waals surface area contributed by atoms with Gasteiger partial charge in [0, 0.05) is 19.2 Å². The second-order valence-electron chi connectivity index (χ2n) is 6.78. The minimum atomic E-state index is -3.43. The Morgan fingerprint density at radius 1 is 1.13 bits per heavy atom. The van der Waals surface area contributed by atoms with E-state index < -0.39 is 10.0 Å². The molecule has 3 rings (SSSR count). The number of nitrogens with one attached hydrogen (secondary N) is 1. The van der Waals surface area contributed by atoms with E-state index in [0.717, 1.165) is 18.9 Å². The van der Waals surface area contributed by atoms with E-state index in [1.54, 1.807) is 12.3 Å². The van der Waals surface area contributed by atoms with Crippen LogP contribution in [0.1, 0.15) is 20.3 Å². The van der Waals surface area contributed by atoms with Crippen LogP contribution in [-0.4, -0.2) is 52.1 Å². The van der Waals surface area contributed by atoms with E-state index in [1.807, 2.05) is 6.07 Å². The molecule has 1 aromatic rings. The Morgan fingerprint density at radius 2 is 1.78 bits per heavy atom. The molecule has 1 aromatic heterocycles. The lowest BCUT2D eigenvalue weighted by Gasteiger charge is -2.30. The smallest absolute Gasteiger partial charge is 0.274 e. The number of nitrogens with zero attached hydrogens (tertiary/aromatic N) is 2. The minimum absolute atomic E-state index is 0.321. The third-order valence-electron chi connectivity index (χ3n) is 4.59. The van der Waals surface area contributed by atoms with E-state index in [4.69, 9.17) is 4.74 Å². The SMILES string of the molecule is C[C@@H]1C[C@@H](C)CN(c2ccc(S(=O)(=O)N3CCOCC3)c[nH+]2)C1. The highest BCUT2D eigenvalue weighted by molar-refractivity contribution is 7.89. The molecule has 128 valence electrons. The van der Waals surface area contributed by atoms with Crippen molar-refractivity contribution in [2.45, 2.75) is 25.2 Å². The van der Waals surface area contributed by atoms with Gasteiger partial charge in [-0.3, -0.25) is 4.90 Å². The average molecular weight is 340 g/mol. The highest BCUT2D eigenvalue weighted by Crippen LogP contribution is 2.24. The molecular weight excluding hydrogens is 314 g/mol. The minimum Gasteiger partial charge on any atom is -0.379 e. The van der Waals surface area contributed by atoms with Gasteiger partial charge in [0.2, 0.25) is 10.0 Å². The molecule has 0 aromatic carbocycles. The fourth-order valence-corrected chi connectivity index (χ4v) is 4.93. The van der Waals surface area contributed by atoms with E-state index in [-0.39, 0.29) is 0 Å². The van der Waals surface area contributed by atoms with Crippen LogP contribution in [0.2, 0.25) is 0 Å². The first-order valence-corrected chi connectivity index (χ1v) is 9.75. The zero-order valence-corrected chi connectivity index (χ0v) is 14.7. The van der Waals surface area contributed by atoms with Crippen molar-refractivity contribution in [1.29, 1.82) is 0 Å². The molecule has 0 spiro atoms. The first-order chi connectivity index (χ1) is 11.0. The van der Waals surface area contributed by atoms with Crippen molar-refractivity contribution >= 4 is 15.8 Å². The highest BCUT2D eigenvalue weighted by Gasteiger charge is 2.30. The molecule has 3 heterocycles. The van der Waals surface area contributed by atoms with Gasteiger partial charge in [-0.15, -0.1) is 0 Å². The Morgan fingerprint density at radius 3 is 2.35 bits per heavy atom. The molecule has 7 heteroatoms. The zero-order chi connectivity index (χ0) is 16.4. The first-order valence-electron chi connectivity index (χ1n) is 8.31. The second-order valence-corrected chi connectivity index (χ2v) is 8.72. The number of aromatic amines is 1. The number of H-pyrrole nitrogens is 1. The summed E-state index contributed by atoms with van der Waals surface area (Å²) in [6, 6.07) is 3.60. The van der Waals surface area contributed by atoms with E-state index in [0.29, 0.717) is 43.0 Å². The van der Waals surface area contributed by atoms with Crippen molar-refractivity contribution in [3.63, 3.8) is 0 Å². The molecule has 2 fully saturated rings. The quantitative estimate of drug-likeness (QED) is 0.824. The number of anilines is 1. The number of sulfonamides is 1. The van der Waals surface area contributed by atoms with Crippen molar-refractivity contribution in [2.75, 3.05) is 44.3 Å². The number of morpholine rings is 1. The van der Waals surface area contributed by atoms with Crippen molar-refractivity contribution in [3.05, 3.63) is 18.3 Å². The van der Waals surface area contributed by atoms with Crippen LogP contribution in [0.4, 0.5) is 5.82 Å². The van der Waals surface area contributed by atoms with Crippen molar-refractivity contribution in [1.82, 2.24) is 4.31 Å². The van der Waals surface area contributed by atoms with Crippen molar-refractivity contribution in [2.24, 2.45) is 11.8 Å². The van der Waals surface area contributed by atoms with Gasteiger partial charge < -0.3 is 4.74 Å². The van der Waals surface area contributed by atoms with Crippen LogP contribution in [-0.2, 0) is 14.8 Å². The topological polar surface area (TPSA) is 64.0 Å².